The third-order valence-corrected chi connectivity index (χ3v) is 5.76. The van der Waals surface area contributed by atoms with E-state index in [1.165, 1.54) is 0 Å². The van der Waals surface area contributed by atoms with Gasteiger partial charge in [0.2, 0.25) is 0 Å². The molecule has 0 amide bonds. The minimum Gasteiger partial charge on any atom is -0.364 e. The van der Waals surface area contributed by atoms with Crippen molar-refractivity contribution in [1.29, 1.82) is 5.26 Å². The monoisotopic (exact) mass is 387 g/mol. The lowest BCUT2D eigenvalue weighted by Gasteiger charge is -2.43. The molecule has 1 aliphatic heterocycles. The number of aromatic nitrogens is 3. The van der Waals surface area contributed by atoms with Gasteiger partial charge in [-0.05, 0) is 51.2 Å². The van der Waals surface area contributed by atoms with E-state index in [4.69, 9.17) is 0 Å². The van der Waals surface area contributed by atoms with Crippen molar-refractivity contribution >= 4 is 22.4 Å². The van der Waals surface area contributed by atoms with Crippen molar-refractivity contribution < 1.29 is 0 Å². The fourth-order valence-electron chi connectivity index (χ4n) is 3.61. The molecule has 29 heavy (non-hydrogen) atoms. The Hall–Kier alpha value is -3.24. The first-order chi connectivity index (χ1) is 14.0. The van der Waals surface area contributed by atoms with Crippen molar-refractivity contribution in [3.05, 3.63) is 52.8 Å². The molecule has 0 saturated carbocycles. The first-order valence-electron chi connectivity index (χ1n) is 9.74. The van der Waals surface area contributed by atoms with Gasteiger partial charge in [-0.15, -0.1) is 5.10 Å². The summed E-state index contributed by atoms with van der Waals surface area (Å²) in [4.78, 5) is 9.19. The topological polar surface area (TPSA) is 81.0 Å². The number of fused-ring (bicyclic) bond motifs is 1. The molecule has 2 aromatic heterocycles. The molecule has 3 aromatic rings. The molecule has 148 valence electrons. The molecule has 7 heteroatoms. The van der Waals surface area contributed by atoms with E-state index in [-0.39, 0.29) is 0 Å². The van der Waals surface area contributed by atoms with E-state index in [1.807, 2.05) is 38.2 Å². The Kier molecular flexibility index (Phi) is 5.03. The fourth-order valence-corrected chi connectivity index (χ4v) is 3.61. The highest BCUT2D eigenvalue weighted by Crippen LogP contribution is 2.29. The molecule has 0 bridgehead atoms. The Morgan fingerprint density at radius 3 is 2.72 bits per heavy atom. The molecule has 0 atom stereocenters. The Balaban J connectivity index is 1.62. The van der Waals surface area contributed by atoms with Crippen molar-refractivity contribution in [3.63, 3.8) is 0 Å². The molecule has 0 spiro atoms. The normalized spacial score (nSPS) is 14.1. The van der Waals surface area contributed by atoms with E-state index in [0.717, 1.165) is 52.3 Å². The van der Waals surface area contributed by atoms with Gasteiger partial charge < -0.3 is 15.1 Å². The number of pyridine rings is 1. The Labute approximate surface area is 171 Å². The van der Waals surface area contributed by atoms with Gasteiger partial charge in [-0.25, -0.2) is 4.98 Å². The van der Waals surface area contributed by atoms with Crippen LogP contribution in [0.4, 0.5) is 11.6 Å². The van der Waals surface area contributed by atoms with Gasteiger partial charge in [-0.1, -0.05) is 12.1 Å². The molecule has 3 heterocycles. The fraction of sp³-hybridized carbons (Fsp3) is 0.364. The SMILES string of the molecule is Cc1c(C#N)cccc1CNc1nnc(C)c2cnc(N3CC(N(C)C)C3)cc12. The summed E-state index contributed by atoms with van der Waals surface area (Å²) in [5.41, 5.74) is 3.63. The number of nitrogens with one attached hydrogen (secondary N) is 1. The third-order valence-electron chi connectivity index (χ3n) is 5.76. The van der Waals surface area contributed by atoms with Gasteiger partial charge >= 0.3 is 0 Å². The summed E-state index contributed by atoms with van der Waals surface area (Å²) in [6, 6.07) is 10.7. The van der Waals surface area contributed by atoms with Gasteiger partial charge in [-0.3, -0.25) is 0 Å². The van der Waals surface area contributed by atoms with Gasteiger partial charge in [0.15, 0.2) is 5.82 Å². The smallest absolute Gasteiger partial charge is 0.157 e. The van der Waals surface area contributed by atoms with Crippen LogP contribution in [0.25, 0.3) is 10.8 Å². The van der Waals surface area contributed by atoms with Gasteiger partial charge in [0, 0.05) is 42.6 Å². The summed E-state index contributed by atoms with van der Waals surface area (Å²) in [6.07, 6.45) is 1.89. The molecule has 0 unspecified atom stereocenters. The van der Waals surface area contributed by atoms with Crippen molar-refractivity contribution in [2.24, 2.45) is 0 Å². The highest BCUT2D eigenvalue weighted by molar-refractivity contribution is 5.94. The number of nitrogens with zero attached hydrogens (tertiary/aromatic N) is 6. The number of aryl methyl sites for hydroxylation is 1. The quantitative estimate of drug-likeness (QED) is 0.721. The summed E-state index contributed by atoms with van der Waals surface area (Å²) in [7, 11) is 4.22. The maximum atomic E-state index is 9.26. The molecular weight excluding hydrogens is 362 g/mol. The van der Waals surface area contributed by atoms with Crippen molar-refractivity contribution in [2.45, 2.75) is 26.4 Å². The second-order valence-corrected chi connectivity index (χ2v) is 7.80. The first kappa shape index (κ1) is 19.1. The lowest BCUT2D eigenvalue weighted by Crippen LogP contribution is -2.57. The number of nitriles is 1. The highest BCUT2D eigenvalue weighted by atomic mass is 15.3. The van der Waals surface area contributed by atoms with Crippen LogP contribution in [0.5, 0.6) is 0 Å². The molecule has 1 saturated heterocycles. The Morgan fingerprint density at radius 2 is 2.00 bits per heavy atom. The molecule has 7 nitrogen and oxygen atoms in total. The van der Waals surface area contributed by atoms with Crippen LogP contribution in [0.1, 0.15) is 22.4 Å². The van der Waals surface area contributed by atoms with Crippen LogP contribution in [0.15, 0.2) is 30.5 Å². The lowest BCUT2D eigenvalue weighted by atomic mass is 10.0. The minimum atomic E-state index is 0.567. The molecule has 1 fully saturated rings. The van der Waals surface area contributed by atoms with Crippen molar-refractivity contribution in [1.82, 2.24) is 20.1 Å². The van der Waals surface area contributed by atoms with Gasteiger partial charge in [0.05, 0.1) is 17.3 Å². The van der Waals surface area contributed by atoms with E-state index < -0.39 is 0 Å². The molecule has 1 aliphatic rings. The summed E-state index contributed by atoms with van der Waals surface area (Å²) < 4.78 is 0. The summed E-state index contributed by atoms with van der Waals surface area (Å²) in [5, 5.41) is 23.4. The second kappa shape index (κ2) is 7.64. The van der Waals surface area contributed by atoms with E-state index in [0.29, 0.717) is 18.2 Å². The summed E-state index contributed by atoms with van der Waals surface area (Å²) >= 11 is 0. The maximum Gasteiger partial charge on any atom is 0.157 e. The van der Waals surface area contributed by atoms with E-state index in [1.54, 1.807) is 0 Å². The van der Waals surface area contributed by atoms with Gasteiger partial charge in [0.1, 0.15) is 5.82 Å². The number of hydrogen-bond donors (Lipinski definition) is 1. The standard InChI is InChI=1S/C22H25N7/c1-14-16(9-23)6-5-7-17(14)10-25-22-19-8-21(29-12-18(13-29)28(3)4)24-11-20(19)15(2)26-27-22/h5-8,11,18H,10,12-13H2,1-4H3,(H,25,27). The number of likely N-dealkylation sites (N-methyl/N-ethyl adjacent to an activating group) is 1. The molecular formula is C22H25N7. The van der Waals surface area contributed by atoms with Crippen LogP contribution in [-0.4, -0.2) is 53.3 Å². The molecule has 0 aliphatic carbocycles. The molecule has 0 radical (unpaired) electrons. The average Bonchev–Trinajstić information content (AvgIpc) is 2.67. The minimum absolute atomic E-state index is 0.567. The highest BCUT2D eigenvalue weighted by Gasteiger charge is 2.29. The van der Waals surface area contributed by atoms with Crippen molar-refractivity contribution in [2.75, 3.05) is 37.4 Å². The van der Waals surface area contributed by atoms with E-state index in [9.17, 15) is 5.26 Å². The third kappa shape index (κ3) is 3.59. The lowest BCUT2D eigenvalue weighted by molar-refractivity contribution is 0.246. The summed E-state index contributed by atoms with van der Waals surface area (Å²) in [5.74, 6) is 1.70. The maximum absolute atomic E-state index is 9.26. The van der Waals surface area contributed by atoms with Crippen LogP contribution in [-0.2, 0) is 6.54 Å². The van der Waals surface area contributed by atoms with E-state index >= 15 is 0 Å². The van der Waals surface area contributed by atoms with Crippen LogP contribution in [0.2, 0.25) is 0 Å². The van der Waals surface area contributed by atoms with Gasteiger partial charge in [0.25, 0.3) is 0 Å². The molecule has 1 N–H and O–H groups in total. The average molecular weight is 387 g/mol. The molecule has 4 rings (SSSR count). The number of rotatable bonds is 5. The number of anilines is 2. The number of hydrogen-bond acceptors (Lipinski definition) is 7. The van der Waals surface area contributed by atoms with Crippen LogP contribution < -0.4 is 10.2 Å². The zero-order valence-corrected chi connectivity index (χ0v) is 17.3. The second-order valence-electron chi connectivity index (χ2n) is 7.80. The Bertz CT molecular complexity index is 1090. The number of benzene rings is 1. The summed E-state index contributed by atoms with van der Waals surface area (Å²) in [6.45, 7) is 6.46. The van der Waals surface area contributed by atoms with Crippen molar-refractivity contribution in [3.8, 4) is 6.07 Å². The zero-order valence-electron chi connectivity index (χ0n) is 17.3. The van der Waals surface area contributed by atoms with Crippen LogP contribution >= 0.6 is 0 Å². The largest absolute Gasteiger partial charge is 0.364 e. The zero-order chi connectivity index (χ0) is 20.5. The predicted octanol–water partition coefficient (Wildman–Crippen LogP) is 2.88. The van der Waals surface area contributed by atoms with E-state index in [2.05, 4.69) is 56.5 Å². The Morgan fingerprint density at radius 1 is 1.21 bits per heavy atom. The predicted molar refractivity (Wildman–Crippen MR) is 115 cm³/mol. The molecule has 1 aromatic carbocycles. The first-order valence-corrected chi connectivity index (χ1v) is 9.74. The van der Waals surface area contributed by atoms with Crippen LogP contribution in [0, 0.1) is 25.2 Å². The van der Waals surface area contributed by atoms with Crippen LogP contribution in [0.3, 0.4) is 0 Å². The van der Waals surface area contributed by atoms with Gasteiger partial charge in [-0.2, -0.15) is 10.4 Å².